The van der Waals surface area contributed by atoms with Crippen molar-refractivity contribution in [3.05, 3.63) is 89.6 Å². The summed E-state index contributed by atoms with van der Waals surface area (Å²) in [7, 11) is 0. The number of benzene rings is 2. The van der Waals surface area contributed by atoms with Gasteiger partial charge < -0.3 is 14.8 Å². The van der Waals surface area contributed by atoms with Gasteiger partial charge in [-0.05, 0) is 60.5 Å². The van der Waals surface area contributed by atoms with E-state index in [4.69, 9.17) is 4.74 Å². The topological polar surface area (TPSA) is 64.9 Å². The summed E-state index contributed by atoms with van der Waals surface area (Å²) < 4.78 is 61.6. The zero-order valence-corrected chi connectivity index (χ0v) is 17.9. The highest BCUT2D eigenvalue weighted by Gasteiger charge is 2.31. The summed E-state index contributed by atoms with van der Waals surface area (Å²) >= 11 is 0. The fourth-order valence-corrected chi connectivity index (χ4v) is 3.36. The van der Waals surface area contributed by atoms with E-state index in [0.717, 1.165) is 17.7 Å². The molecule has 0 fully saturated rings. The lowest BCUT2D eigenvalue weighted by Crippen LogP contribution is -2.25. The molecule has 1 amide bonds. The molecule has 0 aliphatic carbocycles. The summed E-state index contributed by atoms with van der Waals surface area (Å²) in [5, 5.41) is 2.81. The van der Waals surface area contributed by atoms with Crippen molar-refractivity contribution in [1.82, 2.24) is 14.7 Å². The molecule has 0 atom stereocenters. The van der Waals surface area contributed by atoms with Crippen molar-refractivity contribution in [1.29, 1.82) is 0 Å². The van der Waals surface area contributed by atoms with E-state index in [1.54, 1.807) is 30.5 Å². The Morgan fingerprint density at radius 2 is 1.62 bits per heavy atom. The Morgan fingerprint density at radius 1 is 1.00 bits per heavy atom. The molecule has 0 saturated carbocycles. The van der Waals surface area contributed by atoms with Crippen LogP contribution in [0.2, 0.25) is 0 Å². The number of amides is 1. The Hall–Kier alpha value is -4.08. The van der Waals surface area contributed by atoms with Crippen LogP contribution in [0.1, 0.15) is 28.7 Å². The van der Waals surface area contributed by atoms with Gasteiger partial charge in [0.25, 0.3) is 5.91 Å². The fourth-order valence-electron chi connectivity index (χ4n) is 3.36. The van der Waals surface area contributed by atoms with Crippen LogP contribution in [0.15, 0.2) is 66.9 Å². The largest absolute Gasteiger partial charge is 0.573 e. The number of fused-ring (bicyclic) bond motifs is 1. The zero-order valence-electron chi connectivity index (χ0n) is 17.9. The quantitative estimate of drug-likeness (QED) is 0.352. The van der Waals surface area contributed by atoms with Crippen LogP contribution >= 0.6 is 0 Å². The number of halogens is 4. The van der Waals surface area contributed by atoms with Crippen LogP contribution in [-0.2, 0) is 13.0 Å². The van der Waals surface area contributed by atoms with Crippen molar-refractivity contribution < 1.29 is 31.8 Å². The first kappa shape index (κ1) is 23.1. The second-order valence-corrected chi connectivity index (χ2v) is 7.26. The van der Waals surface area contributed by atoms with E-state index in [9.17, 15) is 22.4 Å². The summed E-state index contributed by atoms with van der Waals surface area (Å²) in [5.41, 5.74) is 1.67. The van der Waals surface area contributed by atoms with E-state index in [2.05, 4.69) is 15.0 Å². The van der Waals surface area contributed by atoms with Gasteiger partial charge in [-0.2, -0.15) is 0 Å². The minimum Gasteiger partial charge on any atom is -0.457 e. The number of hydrogen-bond acceptors (Lipinski definition) is 4. The second-order valence-electron chi connectivity index (χ2n) is 7.26. The maximum absolute atomic E-state index is 14.0. The molecule has 6 nitrogen and oxygen atoms in total. The molecule has 0 aliphatic rings. The molecule has 4 aromatic rings. The Labute approximate surface area is 191 Å². The highest BCUT2D eigenvalue weighted by molar-refractivity contribution is 5.94. The molecule has 10 heteroatoms. The van der Waals surface area contributed by atoms with Crippen LogP contribution in [-0.4, -0.2) is 21.7 Å². The Balaban J connectivity index is 1.39. The van der Waals surface area contributed by atoms with Crippen LogP contribution in [0.3, 0.4) is 0 Å². The van der Waals surface area contributed by atoms with Crippen molar-refractivity contribution in [2.24, 2.45) is 0 Å². The Bertz CT molecular complexity index is 1300. The Kier molecular flexibility index (Phi) is 6.40. The van der Waals surface area contributed by atoms with E-state index >= 15 is 0 Å². The number of alkyl halides is 3. The van der Waals surface area contributed by atoms with Crippen LogP contribution in [0.25, 0.3) is 5.65 Å². The summed E-state index contributed by atoms with van der Waals surface area (Å²) in [6.07, 6.45) is -2.69. The van der Waals surface area contributed by atoms with Crippen molar-refractivity contribution in [3.8, 4) is 17.2 Å². The summed E-state index contributed by atoms with van der Waals surface area (Å²) in [6.45, 7) is 2.06. The SMILES string of the molecule is CCc1nc2c(F)cccn2c1C(=O)NCc1ccc(Oc2ccc(OC(F)(F)F)cc2)cc1. The molecule has 0 saturated heterocycles. The van der Waals surface area contributed by atoms with Gasteiger partial charge in [0.2, 0.25) is 0 Å². The molecule has 2 aromatic carbocycles. The molecule has 1 N–H and O–H groups in total. The van der Waals surface area contributed by atoms with Crippen molar-refractivity contribution in [2.75, 3.05) is 0 Å². The van der Waals surface area contributed by atoms with E-state index in [-0.39, 0.29) is 29.5 Å². The number of hydrogen-bond donors (Lipinski definition) is 1. The van der Waals surface area contributed by atoms with Crippen LogP contribution < -0.4 is 14.8 Å². The van der Waals surface area contributed by atoms with E-state index in [0.29, 0.717) is 23.6 Å². The van der Waals surface area contributed by atoms with Gasteiger partial charge in [0.05, 0.1) is 5.69 Å². The molecule has 0 radical (unpaired) electrons. The van der Waals surface area contributed by atoms with E-state index in [1.165, 1.54) is 28.7 Å². The summed E-state index contributed by atoms with van der Waals surface area (Å²) in [6, 6.07) is 14.7. The first-order chi connectivity index (χ1) is 16.2. The number of nitrogens with one attached hydrogen (secondary N) is 1. The first-order valence-electron chi connectivity index (χ1n) is 10.3. The van der Waals surface area contributed by atoms with Gasteiger partial charge in [0, 0.05) is 12.7 Å². The second kappa shape index (κ2) is 9.42. The fraction of sp³-hybridized carbons (Fsp3) is 0.167. The first-order valence-corrected chi connectivity index (χ1v) is 10.3. The van der Waals surface area contributed by atoms with Crippen LogP contribution in [0, 0.1) is 5.82 Å². The highest BCUT2D eigenvalue weighted by atomic mass is 19.4. The monoisotopic (exact) mass is 473 g/mol. The summed E-state index contributed by atoms with van der Waals surface area (Å²) in [4.78, 5) is 17.0. The average Bonchev–Trinajstić information content (AvgIpc) is 3.19. The zero-order chi connectivity index (χ0) is 24.3. The number of carbonyl (C=O) groups is 1. The molecule has 2 aromatic heterocycles. The van der Waals surface area contributed by atoms with Gasteiger partial charge in [0.15, 0.2) is 11.5 Å². The lowest BCUT2D eigenvalue weighted by atomic mass is 10.2. The van der Waals surface area contributed by atoms with Gasteiger partial charge >= 0.3 is 6.36 Å². The average molecular weight is 473 g/mol. The van der Waals surface area contributed by atoms with Gasteiger partial charge in [-0.15, -0.1) is 13.2 Å². The molecule has 0 spiro atoms. The molecule has 0 unspecified atom stereocenters. The third kappa shape index (κ3) is 5.28. The van der Waals surface area contributed by atoms with Crippen molar-refractivity contribution in [3.63, 3.8) is 0 Å². The number of ether oxygens (including phenoxy) is 2. The summed E-state index contributed by atoms with van der Waals surface area (Å²) in [5.74, 6) is -0.427. The molecule has 4 rings (SSSR count). The van der Waals surface area contributed by atoms with Gasteiger partial charge in [-0.25, -0.2) is 9.37 Å². The smallest absolute Gasteiger partial charge is 0.457 e. The predicted octanol–water partition coefficient (Wildman–Crippen LogP) is 5.66. The minimum atomic E-state index is -4.76. The standard InChI is InChI=1S/C24H19F4N3O3/c1-2-20-21(31-13-3-4-19(25)22(31)30-20)23(32)29-14-15-5-7-16(8-6-15)33-17-9-11-18(12-10-17)34-24(26,27)28/h3-13H,2,14H2,1H3,(H,29,32). The van der Waals surface area contributed by atoms with Crippen molar-refractivity contribution >= 4 is 11.6 Å². The van der Waals surface area contributed by atoms with Crippen LogP contribution in [0.4, 0.5) is 17.6 Å². The van der Waals surface area contributed by atoms with Gasteiger partial charge in [-0.3, -0.25) is 9.20 Å². The number of rotatable bonds is 7. The Morgan fingerprint density at radius 3 is 2.24 bits per heavy atom. The molecule has 176 valence electrons. The maximum Gasteiger partial charge on any atom is 0.573 e. The lowest BCUT2D eigenvalue weighted by molar-refractivity contribution is -0.274. The third-order valence-corrected chi connectivity index (χ3v) is 4.89. The van der Waals surface area contributed by atoms with E-state index in [1.807, 2.05) is 6.92 Å². The van der Waals surface area contributed by atoms with Gasteiger partial charge in [0.1, 0.15) is 22.9 Å². The van der Waals surface area contributed by atoms with Crippen LogP contribution in [0.5, 0.6) is 17.2 Å². The minimum absolute atomic E-state index is 0.101. The number of aromatic nitrogens is 2. The van der Waals surface area contributed by atoms with E-state index < -0.39 is 12.2 Å². The number of nitrogens with zero attached hydrogens (tertiary/aromatic N) is 2. The number of carbonyl (C=O) groups excluding carboxylic acids is 1. The molecular formula is C24H19F4N3O3. The van der Waals surface area contributed by atoms with Gasteiger partial charge in [-0.1, -0.05) is 19.1 Å². The maximum atomic E-state index is 14.0. The molecule has 0 bridgehead atoms. The highest BCUT2D eigenvalue weighted by Crippen LogP contribution is 2.27. The molecule has 0 aliphatic heterocycles. The normalized spacial score (nSPS) is 11.4. The predicted molar refractivity (Wildman–Crippen MR) is 115 cm³/mol. The number of imidazole rings is 1. The molecule has 34 heavy (non-hydrogen) atoms. The lowest BCUT2D eigenvalue weighted by Gasteiger charge is -2.10. The third-order valence-electron chi connectivity index (χ3n) is 4.89. The molecule has 2 heterocycles. The number of aryl methyl sites for hydroxylation is 1. The number of pyridine rings is 1. The van der Waals surface area contributed by atoms with Crippen molar-refractivity contribution in [2.45, 2.75) is 26.3 Å². The molecular weight excluding hydrogens is 454 g/mol.